The molecule has 1 fully saturated rings. The molecule has 3 rings (SSSR count). The Labute approximate surface area is 170 Å². The van der Waals surface area contributed by atoms with Crippen molar-refractivity contribution in [3.8, 4) is 11.3 Å². The molecule has 1 N–H and O–H groups in total. The minimum atomic E-state index is -0.0993. The zero-order valence-corrected chi connectivity index (χ0v) is 17.6. The van der Waals surface area contributed by atoms with E-state index in [1.54, 1.807) is 6.07 Å². The van der Waals surface area contributed by atoms with Crippen molar-refractivity contribution >= 4 is 62.8 Å². The van der Waals surface area contributed by atoms with E-state index in [4.69, 9.17) is 23.2 Å². The second-order valence-electron chi connectivity index (χ2n) is 6.52. The Morgan fingerprint density at radius 3 is 2.58 bits per heavy atom. The van der Waals surface area contributed by atoms with Crippen LogP contribution >= 0.6 is 45.9 Å². The minimum absolute atomic E-state index is 0.00783. The maximum Gasteiger partial charge on any atom is 0.229 e. The highest BCUT2D eigenvalue weighted by molar-refractivity contribution is 7.20. The van der Waals surface area contributed by atoms with Crippen LogP contribution in [0.3, 0.4) is 0 Å². The van der Waals surface area contributed by atoms with Gasteiger partial charge < -0.3 is 10.2 Å². The third kappa shape index (κ3) is 4.39. The zero-order chi connectivity index (χ0) is 18.8. The maximum absolute atomic E-state index is 12.5. The Balaban J connectivity index is 1.58. The van der Waals surface area contributed by atoms with Gasteiger partial charge in [-0.2, -0.15) is 0 Å². The first-order valence-electron chi connectivity index (χ1n) is 8.35. The number of carbonyl (C=O) groups excluding carboxylic acids is 2. The number of thiazole rings is 1. The summed E-state index contributed by atoms with van der Waals surface area (Å²) in [7, 11) is 0. The summed E-state index contributed by atoms with van der Waals surface area (Å²) in [6.07, 6.45) is 1.35. The molecule has 0 spiro atoms. The van der Waals surface area contributed by atoms with Crippen molar-refractivity contribution in [1.29, 1.82) is 0 Å². The molecule has 0 aromatic carbocycles. The lowest BCUT2D eigenvalue weighted by Gasteiger charge is -2.32. The average Bonchev–Trinajstić information content (AvgIpc) is 3.19. The molecule has 140 valence electrons. The first kappa shape index (κ1) is 19.6. The van der Waals surface area contributed by atoms with E-state index in [0.717, 1.165) is 5.56 Å². The molecule has 2 aromatic heterocycles. The number of nitrogens with zero attached hydrogens (tertiary/aromatic N) is 2. The Kier molecular flexibility index (Phi) is 6.22. The number of nitrogens with one attached hydrogen (secondary N) is 1. The van der Waals surface area contributed by atoms with E-state index in [0.29, 0.717) is 45.4 Å². The Bertz CT molecular complexity index is 811. The number of anilines is 1. The van der Waals surface area contributed by atoms with Crippen molar-refractivity contribution in [2.45, 2.75) is 26.7 Å². The van der Waals surface area contributed by atoms with Crippen LogP contribution in [0.2, 0.25) is 8.67 Å². The van der Waals surface area contributed by atoms with Gasteiger partial charge in [-0.1, -0.05) is 37.0 Å². The first-order chi connectivity index (χ1) is 12.3. The summed E-state index contributed by atoms with van der Waals surface area (Å²) in [4.78, 5) is 30.8. The fourth-order valence-electron chi connectivity index (χ4n) is 2.90. The molecule has 1 aliphatic heterocycles. The van der Waals surface area contributed by atoms with Crippen molar-refractivity contribution in [3.63, 3.8) is 0 Å². The van der Waals surface area contributed by atoms with Crippen LogP contribution in [0.5, 0.6) is 0 Å². The summed E-state index contributed by atoms with van der Waals surface area (Å²) < 4.78 is 1.19. The highest BCUT2D eigenvalue weighted by atomic mass is 35.5. The van der Waals surface area contributed by atoms with Gasteiger partial charge in [0.05, 0.1) is 10.0 Å². The lowest BCUT2D eigenvalue weighted by Crippen LogP contribution is -2.43. The van der Waals surface area contributed by atoms with Crippen molar-refractivity contribution in [2.24, 2.45) is 11.8 Å². The number of piperidine rings is 1. The number of likely N-dealkylation sites (tertiary alicyclic amines) is 1. The quantitative estimate of drug-likeness (QED) is 0.739. The van der Waals surface area contributed by atoms with Gasteiger partial charge in [0, 0.05) is 35.9 Å². The minimum Gasteiger partial charge on any atom is -0.342 e. The van der Waals surface area contributed by atoms with E-state index in [-0.39, 0.29) is 23.7 Å². The molecular formula is C17H19Cl2N3O2S2. The third-order valence-electron chi connectivity index (χ3n) is 4.34. The molecule has 1 aliphatic rings. The maximum atomic E-state index is 12.5. The van der Waals surface area contributed by atoms with Crippen molar-refractivity contribution in [2.75, 3.05) is 18.4 Å². The monoisotopic (exact) mass is 431 g/mol. The summed E-state index contributed by atoms with van der Waals surface area (Å²) in [5.74, 6) is 0.000936. The molecule has 1 saturated heterocycles. The predicted molar refractivity (Wildman–Crippen MR) is 108 cm³/mol. The molecule has 0 radical (unpaired) electrons. The van der Waals surface area contributed by atoms with Crippen LogP contribution in [0, 0.1) is 11.8 Å². The number of carbonyl (C=O) groups is 2. The van der Waals surface area contributed by atoms with E-state index < -0.39 is 0 Å². The molecular weight excluding hydrogens is 413 g/mol. The highest BCUT2D eigenvalue weighted by Crippen LogP contribution is 2.39. The summed E-state index contributed by atoms with van der Waals surface area (Å²) in [5, 5.41) is 5.28. The van der Waals surface area contributed by atoms with Gasteiger partial charge in [-0.15, -0.1) is 22.7 Å². The topological polar surface area (TPSA) is 62.3 Å². The Morgan fingerprint density at radius 2 is 2.00 bits per heavy atom. The normalized spacial score (nSPS) is 15.5. The molecule has 0 unspecified atom stereocenters. The van der Waals surface area contributed by atoms with Gasteiger partial charge in [-0.25, -0.2) is 4.98 Å². The highest BCUT2D eigenvalue weighted by Gasteiger charge is 2.28. The molecule has 0 saturated carbocycles. The standard InChI is InChI=1S/C17H19Cl2N3O2S2/c1-9(2)16(24)22-5-3-10(4-6-22)15(23)21-17-20-12(8-25-17)11-7-13(18)26-14(11)19/h7-10H,3-6H2,1-2H3,(H,20,21,23). The lowest BCUT2D eigenvalue weighted by molar-refractivity contribution is -0.137. The Morgan fingerprint density at radius 1 is 1.31 bits per heavy atom. The van der Waals surface area contributed by atoms with Gasteiger partial charge in [0.15, 0.2) is 5.13 Å². The number of aromatic nitrogens is 1. The van der Waals surface area contributed by atoms with Crippen LogP contribution in [0.25, 0.3) is 11.3 Å². The van der Waals surface area contributed by atoms with E-state index in [9.17, 15) is 9.59 Å². The number of hydrogen-bond acceptors (Lipinski definition) is 5. The smallest absolute Gasteiger partial charge is 0.229 e. The van der Waals surface area contributed by atoms with E-state index >= 15 is 0 Å². The van der Waals surface area contributed by atoms with E-state index in [2.05, 4.69) is 10.3 Å². The van der Waals surface area contributed by atoms with Crippen LogP contribution in [-0.2, 0) is 9.59 Å². The second-order valence-corrected chi connectivity index (χ2v) is 9.66. The number of thiophene rings is 1. The molecule has 0 atom stereocenters. The van der Waals surface area contributed by atoms with E-state index in [1.807, 2.05) is 24.1 Å². The summed E-state index contributed by atoms with van der Waals surface area (Å²) in [6, 6.07) is 1.77. The van der Waals surface area contributed by atoms with Gasteiger partial charge in [0.25, 0.3) is 0 Å². The zero-order valence-electron chi connectivity index (χ0n) is 14.4. The average molecular weight is 432 g/mol. The number of rotatable bonds is 4. The Hall–Kier alpha value is -1.15. The molecule has 2 amide bonds. The first-order valence-corrected chi connectivity index (χ1v) is 10.8. The summed E-state index contributed by atoms with van der Waals surface area (Å²) in [6.45, 7) is 5.05. The summed E-state index contributed by atoms with van der Waals surface area (Å²) >= 11 is 14.8. The van der Waals surface area contributed by atoms with Crippen LogP contribution < -0.4 is 5.32 Å². The molecule has 3 heterocycles. The van der Waals surface area contributed by atoms with Crippen molar-refractivity contribution in [1.82, 2.24) is 9.88 Å². The molecule has 0 aliphatic carbocycles. The van der Waals surface area contributed by atoms with Gasteiger partial charge >= 0.3 is 0 Å². The number of halogens is 2. The van der Waals surface area contributed by atoms with Gasteiger partial charge in [0.2, 0.25) is 11.8 Å². The van der Waals surface area contributed by atoms with Crippen LogP contribution in [0.15, 0.2) is 11.4 Å². The van der Waals surface area contributed by atoms with Gasteiger partial charge in [0.1, 0.15) is 4.34 Å². The molecule has 5 nitrogen and oxygen atoms in total. The fourth-order valence-corrected chi connectivity index (χ4v) is 5.10. The number of amides is 2. The molecule has 0 bridgehead atoms. The van der Waals surface area contributed by atoms with E-state index in [1.165, 1.54) is 22.7 Å². The van der Waals surface area contributed by atoms with Gasteiger partial charge in [-0.3, -0.25) is 9.59 Å². The van der Waals surface area contributed by atoms with Crippen LogP contribution in [0.4, 0.5) is 5.13 Å². The van der Waals surface area contributed by atoms with Crippen LogP contribution in [-0.4, -0.2) is 34.8 Å². The largest absolute Gasteiger partial charge is 0.342 e. The fraction of sp³-hybridized carbons (Fsp3) is 0.471. The molecule has 2 aromatic rings. The second kappa shape index (κ2) is 8.25. The lowest BCUT2D eigenvalue weighted by atomic mass is 9.95. The molecule has 26 heavy (non-hydrogen) atoms. The van der Waals surface area contributed by atoms with Gasteiger partial charge in [-0.05, 0) is 18.9 Å². The SMILES string of the molecule is CC(C)C(=O)N1CCC(C(=O)Nc2nc(-c3cc(Cl)sc3Cl)cs2)CC1. The summed E-state index contributed by atoms with van der Waals surface area (Å²) in [5.41, 5.74) is 1.48. The van der Waals surface area contributed by atoms with Crippen LogP contribution in [0.1, 0.15) is 26.7 Å². The predicted octanol–water partition coefficient (Wildman–Crippen LogP) is 5.01. The third-order valence-corrected chi connectivity index (χ3v) is 6.58. The van der Waals surface area contributed by atoms with Crippen molar-refractivity contribution < 1.29 is 9.59 Å². The number of hydrogen-bond donors (Lipinski definition) is 1. The molecule has 9 heteroatoms. The van der Waals surface area contributed by atoms with Crippen molar-refractivity contribution in [3.05, 3.63) is 20.1 Å².